The van der Waals surface area contributed by atoms with Gasteiger partial charge in [0.05, 0.1) is 12.7 Å². The number of aryl methyl sites for hydroxylation is 1. The normalized spacial score (nSPS) is 10.7. The molecule has 0 aliphatic rings. The van der Waals surface area contributed by atoms with Crippen LogP contribution in [-0.2, 0) is 0 Å². The minimum Gasteiger partial charge on any atom is -0.324 e. The van der Waals surface area contributed by atoms with E-state index in [0.717, 1.165) is 5.56 Å². The average Bonchev–Trinajstić information content (AvgIpc) is 2.59. The maximum absolute atomic E-state index is 11.4. The largest absolute Gasteiger partial charge is 0.324 e. The zero-order valence-corrected chi connectivity index (χ0v) is 7.77. The Balaban J connectivity index is 2.67. The van der Waals surface area contributed by atoms with Gasteiger partial charge >= 0.3 is 0 Å². The van der Waals surface area contributed by atoms with Crippen LogP contribution in [0.5, 0.6) is 0 Å². The van der Waals surface area contributed by atoms with Crippen molar-refractivity contribution in [1.29, 1.82) is 0 Å². The maximum atomic E-state index is 11.4. The lowest BCUT2D eigenvalue weighted by Gasteiger charge is -1.98. The first-order valence-electron chi connectivity index (χ1n) is 4.25. The van der Waals surface area contributed by atoms with Crippen LogP contribution >= 0.6 is 0 Å². The Labute approximate surface area is 80.6 Å². The quantitative estimate of drug-likeness (QED) is 0.685. The molecule has 0 fully saturated rings. The molecule has 0 bridgehead atoms. The molecule has 5 nitrogen and oxygen atoms in total. The van der Waals surface area contributed by atoms with Crippen LogP contribution in [0.2, 0.25) is 0 Å². The van der Waals surface area contributed by atoms with Gasteiger partial charge in [0.1, 0.15) is 5.69 Å². The topological polar surface area (TPSA) is 73.3 Å². The average molecular weight is 190 g/mol. The Hall–Kier alpha value is -1.75. The third-order valence-corrected chi connectivity index (χ3v) is 1.96. The fourth-order valence-electron chi connectivity index (χ4n) is 1.28. The van der Waals surface area contributed by atoms with E-state index in [1.54, 1.807) is 10.6 Å². The van der Waals surface area contributed by atoms with Gasteiger partial charge in [0, 0.05) is 12.4 Å². The van der Waals surface area contributed by atoms with Gasteiger partial charge in [-0.25, -0.2) is 9.97 Å². The Morgan fingerprint density at radius 2 is 2.21 bits per heavy atom. The summed E-state index contributed by atoms with van der Waals surface area (Å²) in [6, 6.07) is 0. The molecule has 0 aliphatic heterocycles. The molecular formula is C9H10N4O. The molecule has 0 atom stereocenters. The summed E-state index contributed by atoms with van der Waals surface area (Å²) in [5.41, 5.74) is 6.74. The fourth-order valence-corrected chi connectivity index (χ4v) is 1.28. The zero-order valence-electron chi connectivity index (χ0n) is 7.77. The number of imidazole rings is 1. The molecule has 2 heterocycles. The molecular weight excluding hydrogens is 180 g/mol. The number of aromatic nitrogens is 3. The van der Waals surface area contributed by atoms with E-state index in [-0.39, 0.29) is 12.3 Å². The van der Waals surface area contributed by atoms with Crippen LogP contribution in [0.3, 0.4) is 0 Å². The number of Topliss-reactive ketones (excluding diaryl/α,β-unsaturated/α-hetero) is 1. The van der Waals surface area contributed by atoms with E-state index >= 15 is 0 Å². The zero-order chi connectivity index (χ0) is 10.1. The lowest BCUT2D eigenvalue weighted by molar-refractivity contribution is 0.0996. The monoisotopic (exact) mass is 190 g/mol. The van der Waals surface area contributed by atoms with E-state index in [0.29, 0.717) is 11.5 Å². The van der Waals surface area contributed by atoms with Crippen molar-refractivity contribution in [1.82, 2.24) is 14.4 Å². The number of carbonyl (C=O) groups excluding carboxylic acids is 1. The van der Waals surface area contributed by atoms with Crippen molar-refractivity contribution in [3.8, 4) is 0 Å². The molecule has 0 spiro atoms. The number of rotatable bonds is 2. The van der Waals surface area contributed by atoms with E-state index in [4.69, 9.17) is 5.73 Å². The lowest BCUT2D eigenvalue weighted by Crippen LogP contribution is -2.15. The number of hydrogen-bond acceptors (Lipinski definition) is 4. The van der Waals surface area contributed by atoms with Gasteiger partial charge in [-0.15, -0.1) is 0 Å². The van der Waals surface area contributed by atoms with Crippen LogP contribution in [0.1, 0.15) is 16.1 Å². The molecule has 0 aromatic carbocycles. The van der Waals surface area contributed by atoms with Crippen LogP contribution in [0, 0.1) is 6.92 Å². The molecule has 2 aromatic rings. The molecule has 5 heteroatoms. The van der Waals surface area contributed by atoms with Gasteiger partial charge in [0.15, 0.2) is 5.78 Å². The first kappa shape index (κ1) is 8.83. The molecule has 0 aliphatic carbocycles. The molecule has 0 saturated heterocycles. The molecule has 72 valence electrons. The highest BCUT2D eigenvalue weighted by molar-refractivity contribution is 5.96. The summed E-state index contributed by atoms with van der Waals surface area (Å²) in [6.07, 6.45) is 5.02. The van der Waals surface area contributed by atoms with Gasteiger partial charge in [-0.2, -0.15) is 0 Å². The fraction of sp³-hybridized carbons (Fsp3) is 0.222. The smallest absolute Gasteiger partial charge is 0.234 e. The summed E-state index contributed by atoms with van der Waals surface area (Å²) in [5.74, 6) is 0.386. The van der Waals surface area contributed by atoms with Gasteiger partial charge in [-0.1, -0.05) is 0 Å². The summed E-state index contributed by atoms with van der Waals surface area (Å²) in [7, 11) is 0. The second-order valence-electron chi connectivity index (χ2n) is 3.07. The summed E-state index contributed by atoms with van der Waals surface area (Å²) < 4.78 is 1.66. The number of nitrogens with two attached hydrogens (primary N) is 1. The second-order valence-corrected chi connectivity index (χ2v) is 3.07. The van der Waals surface area contributed by atoms with Crippen LogP contribution in [-0.4, -0.2) is 26.7 Å². The molecule has 0 amide bonds. The molecule has 2 rings (SSSR count). The third-order valence-electron chi connectivity index (χ3n) is 1.96. The van der Waals surface area contributed by atoms with E-state index in [2.05, 4.69) is 9.97 Å². The number of hydrogen-bond donors (Lipinski definition) is 1. The van der Waals surface area contributed by atoms with Crippen LogP contribution < -0.4 is 5.73 Å². The SMILES string of the molecule is Cc1cnc2ncc(C(=O)CN)n2c1. The number of ketones is 1. The van der Waals surface area contributed by atoms with E-state index in [9.17, 15) is 4.79 Å². The Morgan fingerprint density at radius 3 is 2.93 bits per heavy atom. The number of nitrogens with zero attached hydrogens (tertiary/aromatic N) is 3. The van der Waals surface area contributed by atoms with E-state index in [1.165, 1.54) is 6.20 Å². The molecule has 14 heavy (non-hydrogen) atoms. The van der Waals surface area contributed by atoms with Crippen molar-refractivity contribution in [2.24, 2.45) is 5.73 Å². The molecule has 0 saturated carbocycles. The van der Waals surface area contributed by atoms with Gasteiger partial charge in [0.2, 0.25) is 5.78 Å². The summed E-state index contributed by atoms with van der Waals surface area (Å²) in [6.45, 7) is 1.89. The Kier molecular flexibility index (Phi) is 2.01. The van der Waals surface area contributed by atoms with Crippen molar-refractivity contribution in [3.05, 3.63) is 29.8 Å². The van der Waals surface area contributed by atoms with Crippen molar-refractivity contribution >= 4 is 11.6 Å². The molecule has 0 unspecified atom stereocenters. The molecule has 2 aromatic heterocycles. The van der Waals surface area contributed by atoms with Crippen LogP contribution in [0.25, 0.3) is 5.78 Å². The maximum Gasteiger partial charge on any atom is 0.234 e. The number of fused-ring (bicyclic) bond motifs is 1. The Morgan fingerprint density at radius 1 is 1.50 bits per heavy atom. The van der Waals surface area contributed by atoms with Crippen molar-refractivity contribution in [2.75, 3.05) is 6.54 Å². The summed E-state index contributed by atoms with van der Waals surface area (Å²) in [5, 5.41) is 0. The highest BCUT2D eigenvalue weighted by Gasteiger charge is 2.10. The highest BCUT2D eigenvalue weighted by atomic mass is 16.1. The first-order chi connectivity index (χ1) is 6.72. The van der Waals surface area contributed by atoms with Gasteiger partial charge in [-0.05, 0) is 12.5 Å². The third kappa shape index (κ3) is 1.27. The summed E-state index contributed by atoms with van der Waals surface area (Å²) >= 11 is 0. The minimum atomic E-state index is -0.134. The predicted octanol–water partition coefficient (Wildman–Crippen LogP) is 0.179. The number of carbonyl (C=O) groups is 1. The predicted molar refractivity (Wildman–Crippen MR) is 51.1 cm³/mol. The van der Waals surface area contributed by atoms with Crippen molar-refractivity contribution in [2.45, 2.75) is 6.92 Å². The highest BCUT2D eigenvalue weighted by Crippen LogP contribution is 2.05. The van der Waals surface area contributed by atoms with Gasteiger partial charge in [-0.3, -0.25) is 9.20 Å². The Bertz CT molecular complexity index is 489. The van der Waals surface area contributed by atoms with Gasteiger partial charge < -0.3 is 5.73 Å². The lowest BCUT2D eigenvalue weighted by atomic mass is 10.3. The second kappa shape index (κ2) is 3.19. The van der Waals surface area contributed by atoms with Crippen LogP contribution in [0.4, 0.5) is 0 Å². The van der Waals surface area contributed by atoms with Crippen molar-refractivity contribution < 1.29 is 4.79 Å². The van der Waals surface area contributed by atoms with Gasteiger partial charge in [0.25, 0.3) is 0 Å². The molecule has 0 radical (unpaired) electrons. The first-order valence-corrected chi connectivity index (χ1v) is 4.25. The standard InChI is InChI=1S/C9H10N4O/c1-6-3-11-9-12-4-7(8(14)2-10)13(9)5-6/h3-5H,2,10H2,1H3. The van der Waals surface area contributed by atoms with Crippen molar-refractivity contribution in [3.63, 3.8) is 0 Å². The molecule has 2 N–H and O–H groups in total. The minimum absolute atomic E-state index is 0.0122. The van der Waals surface area contributed by atoms with Crippen LogP contribution in [0.15, 0.2) is 18.6 Å². The van der Waals surface area contributed by atoms with E-state index < -0.39 is 0 Å². The summed E-state index contributed by atoms with van der Waals surface area (Å²) in [4.78, 5) is 19.5. The van der Waals surface area contributed by atoms with E-state index in [1.807, 2.05) is 13.1 Å².